The first-order chi connectivity index (χ1) is 8.46. The van der Waals surface area contributed by atoms with Gasteiger partial charge in [0.15, 0.2) is 0 Å². The molecule has 0 amide bonds. The van der Waals surface area contributed by atoms with Crippen LogP contribution in [-0.2, 0) is 16.6 Å². The summed E-state index contributed by atoms with van der Waals surface area (Å²) in [6.07, 6.45) is 0. The number of fused-ring (bicyclic) bond motifs is 1. The van der Waals surface area contributed by atoms with Gasteiger partial charge >= 0.3 is 0 Å². The first kappa shape index (κ1) is 12.8. The number of sulfonamides is 1. The molecule has 1 heterocycles. The zero-order valence-electron chi connectivity index (χ0n) is 10.1. The zero-order chi connectivity index (χ0) is 13.2. The van der Waals surface area contributed by atoms with Crippen molar-refractivity contribution in [2.45, 2.75) is 13.5 Å². The highest BCUT2D eigenvalue weighted by molar-refractivity contribution is 7.89. The smallest absolute Gasteiger partial charge is 0.215 e. The summed E-state index contributed by atoms with van der Waals surface area (Å²) in [7, 11) is -3.33. The highest BCUT2D eigenvalue weighted by Crippen LogP contribution is 2.10. The van der Waals surface area contributed by atoms with E-state index in [4.69, 9.17) is 0 Å². The fourth-order valence-electron chi connectivity index (χ4n) is 1.64. The minimum absolute atomic E-state index is 0.0623. The number of hydrogen-bond donors (Lipinski definition) is 2. The minimum atomic E-state index is -3.33. The van der Waals surface area contributed by atoms with Gasteiger partial charge in [-0.05, 0) is 19.1 Å². The lowest BCUT2D eigenvalue weighted by molar-refractivity contribution is 0.582. The van der Waals surface area contributed by atoms with Gasteiger partial charge in [0.05, 0.1) is 23.3 Å². The Bertz CT molecular complexity index is 640. The molecule has 96 valence electrons. The van der Waals surface area contributed by atoms with E-state index in [0.29, 0.717) is 11.4 Å². The van der Waals surface area contributed by atoms with Gasteiger partial charge in [0.25, 0.3) is 0 Å². The van der Waals surface area contributed by atoms with Crippen molar-refractivity contribution in [3.63, 3.8) is 0 Å². The van der Waals surface area contributed by atoms with Crippen LogP contribution in [0.2, 0.25) is 0 Å². The molecule has 0 saturated carbocycles. The number of benzene rings is 1. The number of hydrogen-bond acceptors (Lipinski definition) is 3. The van der Waals surface area contributed by atoms with Crippen molar-refractivity contribution in [2.24, 2.45) is 0 Å². The van der Waals surface area contributed by atoms with E-state index in [1.54, 1.807) is 6.92 Å². The molecule has 2 N–H and O–H groups in total. The van der Waals surface area contributed by atoms with Gasteiger partial charge in [0, 0.05) is 0 Å². The number of para-hydroxylation sites is 2. The fourth-order valence-corrected chi connectivity index (χ4v) is 2.75. The molecule has 6 heteroatoms. The Kier molecular flexibility index (Phi) is 3.49. The second kappa shape index (κ2) is 4.91. The highest BCUT2D eigenvalue weighted by atomic mass is 32.2. The van der Waals surface area contributed by atoms with Crippen molar-refractivity contribution in [3.05, 3.63) is 42.2 Å². The summed E-state index contributed by atoms with van der Waals surface area (Å²) >= 11 is 0. The summed E-state index contributed by atoms with van der Waals surface area (Å²) in [5, 5.41) is 0. The Morgan fingerprint density at radius 1 is 1.44 bits per heavy atom. The second-order valence-corrected chi connectivity index (χ2v) is 6.04. The van der Waals surface area contributed by atoms with Crippen LogP contribution in [0, 0.1) is 0 Å². The van der Waals surface area contributed by atoms with Gasteiger partial charge in [-0.15, -0.1) is 0 Å². The molecule has 0 atom stereocenters. The van der Waals surface area contributed by atoms with Crippen LogP contribution in [0.1, 0.15) is 12.7 Å². The molecule has 2 rings (SSSR count). The quantitative estimate of drug-likeness (QED) is 0.806. The van der Waals surface area contributed by atoms with E-state index in [0.717, 1.165) is 11.0 Å². The third-order valence-corrected chi connectivity index (χ3v) is 3.79. The molecule has 0 aliphatic heterocycles. The van der Waals surface area contributed by atoms with Gasteiger partial charge in [-0.2, -0.15) is 0 Å². The topological polar surface area (TPSA) is 74.8 Å². The summed E-state index contributed by atoms with van der Waals surface area (Å²) in [6, 6.07) is 7.56. The van der Waals surface area contributed by atoms with Crippen molar-refractivity contribution in [1.29, 1.82) is 0 Å². The summed E-state index contributed by atoms with van der Waals surface area (Å²) in [6.45, 7) is 5.43. The van der Waals surface area contributed by atoms with Crippen LogP contribution < -0.4 is 4.72 Å². The molecular weight excluding hydrogens is 250 g/mol. The van der Waals surface area contributed by atoms with E-state index in [1.807, 2.05) is 24.3 Å². The maximum absolute atomic E-state index is 11.6. The lowest BCUT2D eigenvalue weighted by Gasteiger charge is -2.04. The van der Waals surface area contributed by atoms with E-state index in [1.165, 1.54) is 0 Å². The lowest BCUT2D eigenvalue weighted by atomic mass is 10.3. The molecule has 0 radical (unpaired) electrons. The number of rotatable bonds is 5. The maximum atomic E-state index is 11.6. The van der Waals surface area contributed by atoms with E-state index >= 15 is 0 Å². The van der Waals surface area contributed by atoms with Crippen molar-refractivity contribution in [1.82, 2.24) is 14.7 Å². The number of imidazole rings is 1. The molecule has 0 aliphatic carbocycles. The van der Waals surface area contributed by atoms with Gasteiger partial charge in [-0.1, -0.05) is 24.3 Å². The molecule has 0 fully saturated rings. The molecule has 0 aliphatic rings. The van der Waals surface area contributed by atoms with Crippen LogP contribution in [0.3, 0.4) is 0 Å². The van der Waals surface area contributed by atoms with Crippen molar-refractivity contribution >= 4 is 21.1 Å². The van der Waals surface area contributed by atoms with Crippen LogP contribution in [0.4, 0.5) is 0 Å². The second-order valence-electron chi connectivity index (χ2n) is 4.24. The average molecular weight is 265 g/mol. The molecular formula is C12H15N3O2S. The van der Waals surface area contributed by atoms with E-state index in [2.05, 4.69) is 21.3 Å². The fraction of sp³-hybridized carbons (Fsp3) is 0.250. The standard InChI is InChI=1S/C12H15N3O2S/c1-9(2)8-18(16,17)13-7-12-14-10-5-3-4-6-11(10)15-12/h3-6,13H,1,7-8H2,2H3,(H,14,15). The Balaban J connectivity index is 2.08. The van der Waals surface area contributed by atoms with Crippen LogP contribution in [0.5, 0.6) is 0 Å². The number of nitrogens with one attached hydrogen (secondary N) is 2. The number of H-pyrrole nitrogens is 1. The Morgan fingerprint density at radius 2 is 2.17 bits per heavy atom. The Morgan fingerprint density at radius 3 is 2.83 bits per heavy atom. The molecule has 0 unspecified atom stereocenters. The van der Waals surface area contributed by atoms with Crippen LogP contribution in [-0.4, -0.2) is 24.1 Å². The van der Waals surface area contributed by atoms with Crippen LogP contribution >= 0.6 is 0 Å². The predicted molar refractivity (Wildman–Crippen MR) is 71.5 cm³/mol. The van der Waals surface area contributed by atoms with Gasteiger partial charge in [-0.3, -0.25) is 0 Å². The summed E-state index contributed by atoms with van der Waals surface area (Å²) < 4.78 is 25.7. The van der Waals surface area contributed by atoms with Gasteiger partial charge < -0.3 is 4.98 Å². The molecule has 1 aromatic carbocycles. The molecule has 0 saturated heterocycles. The minimum Gasteiger partial charge on any atom is -0.341 e. The summed E-state index contributed by atoms with van der Waals surface area (Å²) in [5.41, 5.74) is 2.32. The van der Waals surface area contributed by atoms with Crippen molar-refractivity contribution in [3.8, 4) is 0 Å². The van der Waals surface area contributed by atoms with E-state index in [-0.39, 0.29) is 12.3 Å². The highest BCUT2D eigenvalue weighted by Gasteiger charge is 2.11. The average Bonchev–Trinajstić information content (AvgIpc) is 2.67. The summed E-state index contributed by atoms with van der Waals surface area (Å²) in [4.78, 5) is 7.35. The molecule has 2 aromatic rings. The normalized spacial score (nSPS) is 11.8. The monoisotopic (exact) mass is 265 g/mol. The molecule has 18 heavy (non-hydrogen) atoms. The first-order valence-corrected chi connectivity index (χ1v) is 7.17. The van der Waals surface area contributed by atoms with Crippen molar-refractivity contribution < 1.29 is 8.42 Å². The third kappa shape index (κ3) is 3.18. The Hall–Kier alpha value is -1.66. The van der Waals surface area contributed by atoms with Gasteiger partial charge in [0.2, 0.25) is 10.0 Å². The maximum Gasteiger partial charge on any atom is 0.215 e. The number of nitrogens with zero attached hydrogens (tertiary/aromatic N) is 1. The summed E-state index contributed by atoms with van der Waals surface area (Å²) in [5.74, 6) is 0.536. The van der Waals surface area contributed by atoms with Gasteiger partial charge in [0.1, 0.15) is 5.82 Å². The number of aromatic nitrogens is 2. The predicted octanol–water partition coefficient (Wildman–Crippen LogP) is 1.56. The molecule has 0 spiro atoms. The molecule has 1 aromatic heterocycles. The van der Waals surface area contributed by atoms with Crippen molar-refractivity contribution in [2.75, 3.05) is 5.75 Å². The van der Waals surface area contributed by atoms with Crippen LogP contribution in [0.15, 0.2) is 36.4 Å². The Labute approximate surface area is 106 Å². The largest absolute Gasteiger partial charge is 0.341 e. The SMILES string of the molecule is C=C(C)CS(=O)(=O)NCc1nc2ccccc2[nH]1. The molecule has 0 bridgehead atoms. The molecule has 5 nitrogen and oxygen atoms in total. The first-order valence-electron chi connectivity index (χ1n) is 5.51. The zero-order valence-corrected chi connectivity index (χ0v) is 10.9. The van der Waals surface area contributed by atoms with Gasteiger partial charge in [-0.25, -0.2) is 18.1 Å². The van der Waals surface area contributed by atoms with E-state index in [9.17, 15) is 8.42 Å². The van der Waals surface area contributed by atoms with E-state index < -0.39 is 10.0 Å². The third-order valence-electron chi connectivity index (χ3n) is 2.33. The van der Waals surface area contributed by atoms with Crippen LogP contribution in [0.25, 0.3) is 11.0 Å². The number of aromatic amines is 1. The lowest BCUT2D eigenvalue weighted by Crippen LogP contribution is -2.26.